The summed E-state index contributed by atoms with van der Waals surface area (Å²) in [5, 5.41) is 6.10. The topological polar surface area (TPSA) is 72.5 Å². The van der Waals surface area contributed by atoms with Gasteiger partial charge in [0.2, 0.25) is 0 Å². The molecule has 2 N–H and O–H groups in total. The fourth-order valence-corrected chi connectivity index (χ4v) is 2.74. The highest BCUT2D eigenvalue weighted by atomic mass is 16.5. The molecule has 144 valence electrons. The molecule has 0 fully saturated rings. The van der Waals surface area contributed by atoms with Crippen LogP contribution in [0.3, 0.4) is 0 Å². The SMILES string of the molecule is CCOc1ccccc1Nc1cc(C(=O)Nc2cc(C)ccc2OC)ccn1. The van der Waals surface area contributed by atoms with Gasteiger partial charge in [-0.25, -0.2) is 4.98 Å². The molecule has 0 aliphatic heterocycles. The van der Waals surface area contributed by atoms with Crippen LogP contribution < -0.4 is 20.1 Å². The van der Waals surface area contributed by atoms with E-state index in [1.54, 1.807) is 25.4 Å². The smallest absolute Gasteiger partial charge is 0.255 e. The summed E-state index contributed by atoms with van der Waals surface area (Å²) in [5.41, 5.74) is 2.92. The maximum Gasteiger partial charge on any atom is 0.255 e. The van der Waals surface area contributed by atoms with Crippen molar-refractivity contribution in [3.05, 3.63) is 71.9 Å². The molecule has 1 amide bonds. The highest BCUT2D eigenvalue weighted by molar-refractivity contribution is 6.05. The summed E-state index contributed by atoms with van der Waals surface area (Å²) in [5.74, 6) is 1.65. The zero-order valence-corrected chi connectivity index (χ0v) is 16.2. The third-order valence-corrected chi connectivity index (χ3v) is 4.07. The van der Waals surface area contributed by atoms with Crippen LogP contribution in [0.4, 0.5) is 17.2 Å². The molecular formula is C22H23N3O3. The number of amides is 1. The van der Waals surface area contributed by atoms with Gasteiger partial charge in [0.15, 0.2) is 0 Å². The van der Waals surface area contributed by atoms with E-state index in [0.717, 1.165) is 17.0 Å². The minimum absolute atomic E-state index is 0.243. The van der Waals surface area contributed by atoms with Gasteiger partial charge >= 0.3 is 0 Å². The lowest BCUT2D eigenvalue weighted by Crippen LogP contribution is -2.13. The van der Waals surface area contributed by atoms with Crippen LogP contribution in [0.5, 0.6) is 11.5 Å². The fourth-order valence-electron chi connectivity index (χ4n) is 2.74. The number of carbonyl (C=O) groups is 1. The predicted octanol–water partition coefficient (Wildman–Crippen LogP) is 4.79. The third kappa shape index (κ3) is 4.59. The van der Waals surface area contributed by atoms with Crippen LogP contribution in [0, 0.1) is 6.92 Å². The number of rotatable bonds is 7. The van der Waals surface area contributed by atoms with Crippen molar-refractivity contribution in [2.24, 2.45) is 0 Å². The lowest BCUT2D eigenvalue weighted by atomic mass is 10.2. The van der Waals surface area contributed by atoms with Gasteiger partial charge < -0.3 is 20.1 Å². The number of benzene rings is 2. The van der Waals surface area contributed by atoms with Crippen LogP contribution >= 0.6 is 0 Å². The Balaban J connectivity index is 1.80. The normalized spacial score (nSPS) is 10.2. The minimum Gasteiger partial charge on any atom is -0.495 e. The zero-order valence-electron chi connectivity index (χ0n) is 16.2. The Morgan fingerprint density at radius 1 is 1.04 bits per heavy atom. The predicted molar refractivity (Wildman–Crippen MR) is 111 cm³/mol. The number of methoxy groups -OCH3 is 1. The van der Waals surface area contributed by atoms with E-state index in [2.05, 4.69) is 15.6 Å². The first kappa shape index (κ1) is 19.2. The van der Waals surface area contributed by atoms with Crippen molar-refractivity contribution in [1.82, 2.24) is 4.98 Å². The molecule has 6 heteroatoms. The van der Waals surface area contributed by atoms with Gasteiger partial charge in [0, 0.05) is 11.8 Å². The summed E-state index contributed by atoms with van der Waals surface area (Å²) >= 11 is 0. The van der Waals surface area contributed by atoms with Crippen LogP contribution in [0.25, 0.3) is 0 Å². The van der Waals surface area contributed by atoms with Gasteiger partial charge in [-0.1, -0.05) is 18.2 Å². The Bertz CT molecular complexity index is 973. The van der Waals surface area contributed by atoms with Gasteiger partial charge in [-0.05, 0) is 55.8 Å². The Morgan fingerprint density at radius 3 is 2.64 bits per heavy atom. The van der Waals surface area contributed by atoms with Crippen LogP contribution in [-0.2, 0) is 0 Å². The number of hydrogen-bond donors (Lipinski definition) is 2. The number of nitrogens with zero attached hydrogens (tertiary/aromatic N) is 1. The minimum atomic E-state index is -0.243. The molecule has 0 spiro atoms. The first-order valence-electron chi connectivity index (χ1n) is 9.01. The molecule has 3 rings (SSSR count). The molecule has 3 aromatic rings. The van der Waals surface area contributed by atoms with Crippen molar-refractivity contribution in [2.75, 3.05) is 24.4 Å². The molecule has 0 saturated carbocycles. The second kappa shape index (κ2) is 8.90. The number of hydrogen-bond acceptors (Lipinski definition) is 5. The van der Waals surface area contributed by atoms with E-state index in [9.17, 15) is 4.79 Å². The van der Waals surface area contributed by atoms with Crippen LogP contribution in [0.2, 0.25) is 0 Å². The number of para-hydroxylation sites is 2. The third-order valence-electron chi connectivity index (χ3n) is 4.07. The second-order valence-electron chi connectivity index (χ2n) is 6.14. The molecule has 6 nitrogen and oxygen atoms in total. The monoisotopic (exact) mass is 377 g/mol. The number of carbonyl (C=O) groups excluding carboxylic acids is 1. The Labute approximate surface area is 164 Å². The van der Waals surface area contributed by atoms with Crippen molar-refractivity contribution in [1.29, 1.82) is 0 Å². The van der Waals surface area contributed by atoms with E-state index in [4.69, 9.17) is 9.47 Å². The lowest BCUT2D eigenvalue weighted by molar-refractivity contribution is 0.102. The highest BCUT2D eigenvalue weighted by Crippen LogP contribution is 2.28. The van der Waals surface area contributed by atoms with Crippen molar-refractivity contribution < 1.29 is 14.3 Å². The molecule has 28 heavy (non-hydrogen) atoms. The molecule has 1 heterocycles. The second-order valence-corrected chi connectivity index (χ2v) is 6.14. The summed E-state index contributed by atoms with van der Waals surface area (Å²) < 4.78 is 10.9. The van der Waals surface area contributed by atoms with Crippen molar-refractivity contribution in [2.45, 2.75) is 13.8 Å². The zero-order chi connectivity index (χ0) is 19.9. The quantitative estimate of drug-likeness (QED) is 0.619. The van der Waals surface area contributed by atoms with E-state index < -0.39 is 0 Å². The molecule has 0 saturated heterocycles. The van der Waals surface area contributed by atoms with Gasteiger partial charge in [0.25, 0.3) is 5.91 Å². The number of aryl methyl sites for hydroxylation is 1. The fraction of sp³-hybridized carbons (Fsp3) is 0.182. The van der Waals surface area contributed by atoms with Crippen LogP contribution in [0.15, 0.2) is 60.8 Å². The standard InChI is InChI=1S/C22H23N3O3/c1-4-28-20-8-6-5-7-17(20)24-21-14-16(11-12-23-21)22(26)25-18-13-15(2)9-10-19(18)27-3/h5-14H,4H2,1-3H3,(H,23,24)(H,25,26). The Morgan fingerprint density at radius 2 is 1.86 bits per heavy atom. The summed E-state index contributed by atoms with van der Waals surface area (Å²) in [6, 6.07) is 16.6. The van der Waals surface area contributed by atoms with Crippen LogP contribution in [-0.4, -0.2) is 24.6 Å². The molecule has 0 bridgehead atoms. The van der Waals surface area contributed by atoms with Gasteiger partial charge in [0.05, 0.1) is 25.1 Å². The summed E-state index contributed by atoms with van der Waals surface area (Å²) in [4.78, 5) is 17.0. The maximum absolute atomic E-state index is 12.7. The lowest BCUT2D eigenvalue weighted by Gasteiger charge is -2.13. The Kier molecular flexibility index (Phi) is 6.11. The van der Waals surface area contributed by atoms with E-state index >= 15 is 0 Å². The summed E-state index contributed by atoms with van der Waals surface area (Å²) in [6.07, 6.45) is 1.59. The number of pyridine rings is 1. The molecule has 0 atom stereocenters. The first-order valence-corrected chi connectivity index (χ1v) is 9.01. The highest BCUT2D eigenvalue weighted by Gasteiger charge is 2.12. The maximum atomic E-state index is 12.7. The van der Waals surface area contributed by atoms with Gasteiger partial charge in [0.1, 0.15) is 17.3 Å². The van der Waals surface area contributed by atoms with E-state index in [-0.39, 0.29) is 5.91 Å². The largest absolute Gasteiger partial charge is 0.495 e. The van der Waals surface area contributed by atoms with Crippen molar-refractivity contribution in [3.8, 4) is 11.5 Å². The molecule has 0 unspecified atom stereocenters. The van der Waals surface area contributed by atoms with Gasteiger partial charge in [-0.3, -0.25) is 4.79 Å². The van der Waals surface area contributed by atoms with Gasteiger partial charge in [-0.2, -0.15) is 0 Å². The number of ether oxygens (including phenoxy) is 2. The molecular weight excluding hydrogens is 354 g/mol. The summed E-state index contributed by atoms with van der Waals surface area (Å²) in [7, 11) is 1.57. The number of anilines is 3. The average Bonchev–Trinajstić information content (AvgIpc) is 2.70. The van der Waals surface area contributed by atoms with Crippen molar-refractivity contribution in [3.63, 3.8) is 0 Å². The number of nitrogens with one attached hydrogen (secondary N) is 2. The van der Waals surface area contributed by atoms with Crippen molar-refractivity contribution >= 4 is 23.1 Å². The average molecular weight is 377 g/mol. The molecule has 0 radical (unpaired) electrons. The number of aromatic nitrogens is 1. The Hall–Kier alpha value is -3.54. The molecule has 1 aromatic heterocycles. The molecule has 0 aliphatic carbocycles. The van der Waals surface area contributed by atoms with E-state index in [0.29, 0.717) is 29.4 Å². The summed E-state index contributed by atoms with van der Waals surface area (Å²) in [6.45, 7) is 4.45. The van der Waals surface area contributed by atoms with Gasteiger partial charge in [-0.15, -0.1) is 0 Å². The molecule has 2 aromatic carbocycles. The van der Waals surface area contributed by atoms with E-state index in [1.165, 1.54) is 0 Å². The first-order chi connectivity index (χ1) is 13.6. The van der Waals surface area contributed by atoms with E-state index in [1.807, 2.05) is 56.3 Å². The molecule has 0 aliphatic rings. The van der Waals surface area contributed by atoms with Crippen LogP contribution in [0.1, 0.15) is 22.8 Å².